The van der Waals surface area contributed by atoms with Gasteiger partial charge in [0.2, 0.25) is 11.6 Å². The summed E-state index contributed by atoms with van der Waals surface area (Å²) in [5, 5.41) is 11.2. The van der Waals surface area contributed by atoms with E-state index in [1.165, 1.54) is 0 Å². The Morgan fingerprint density at radius 2 is 1.38 bits per heavy atom. The normalized spacial score (nSPS) is 11.1. The van der Waals surface area contributed by atoms with Gasteiger partial charge in [-0.25, -0.2) is 22.0 Å². The fraction of sp³-hybridized carbons (Fsp3) is 0.133. The molecule has 3 aromatic rings. The Hall–Kier alpha value is -2.84. The molecule has 1 aromatic heterocycles. The predicted molar refractivity (Wildman–Crippen MR) is 73.3 cm³/mol. The van der Waals surface area contributed by atoms with Gasteiger partial charge in [-0.15, -0.1) is 10.2 Å². The van der Waals surface area contributed by atoms with Gasteiger partial charge < -0.3 is 0 Å². The van der Waals surface area contributed by atoms with Gasteiger partial charge in [0.05, 0.1) is 12.1 Å². The number of halogens is 5. The van der Waals surface area contributed by atoms with E-state index in [-0.39, 0.29) is 5.82 Å². The zero-order valence-corrected chi connectivity index (χ0v) is 12.2. The fourth-order valence-corrected chi connectivity index (χ4v) is 2.06. The summed E-state index contributed by atoms with van der Waals surface area (Å²) < 4.78 is 66.7. The predicted octanol–water partition coefficient (Wildman–Crippen LogP) is 3.39. The summed E-state index contributed by atoms with van der Waals surface area (Å²) in [6.07, 6.45) is 0. The molecule has 0 saturated carbocycles. The number of benzene rings is 2. The van der Waals surface area contributed by atoms with Crippen LogP contribution in [0.25, 0.3) is 11.4 Å². The van der Waals surface area contributed by atoms with Crippen molar-refractivity contribution in [1.29, 1.82) is 0 Å². The van der Waals surface area contributed by atoms with Crippen LogP contribution in [0.3, 0.4) is 0 Å². The Labute approximate surface area is 132 Å². The molecule has 124 valence electrons. The summed E-state index contributed by atoms with van der Waals surface area (Å²) in [6.45, 7) is 1.14. The van der Waals surface area contributed by atoms with Gasteiger partial charge in [0, 0.05) is 5.56 Å². The minimum atomic E-state index is -2.21. The number of hydrogen-bond donors (Lipinski definition) is 0. The molecular weight excluding hydrogens is 331 g/mol. The van der Waals surface area contributed by atoms with Crippen LogP contribution in [-0.2, 0) is 6.54 Å². The molecule has 0 aliphatic carbocycles. The van der Waals surface area contributed by atoms with Crippen molar-refractivity contribution >= 4 is 0 Å². The second-order valence-corrected chi connectivity index (χ2v) is 5.06. The third-order valence-corrected chi connectivity index (χ3v) is 3.36. The number of aryl methyl sites for hydroxylation is 1. The molecule has 1 heterocycles. The molecule has 0 amide bonds. The van der Waals surface area contributed by atoms with Crippen LogP contribution in [0, 0.1) is 36.0 Å². The summed E-state index contributed by atoms with van der Waals surface area (Å²) in [5.74, 6) is -9.90. The molecule has 0 aliphatic heterocycles. The summed E-state index contributed by atoms with van der Waals surface area (Å²) in [7, 11) is 0. The van der Waals surface area contributed by atoms with Gasteiger partial charge in [-0.05, 0) is 12.1 Å². The number of tetrazole rings is 1. The largest absolute Gasteiger partial charge is 0.204 e. The minimum Gasteiger partial charge on any atom is -0.203 e. The van der Waals surface area contributed by atoms with Crippen molar-refractivity contribution in [3.8, 4) is 11.4 Å². The minimum absolute atomic E-state index is 0.166. The van der Waals surface area contributed by atoms with Crippen LogP contribution in [0.1, 0.15) is 11.1 Å². The molecule has 0 fully saturated rings. The van der Waals surface area contributed by atoms with Crippen LogP contribution in [0.15, 0.2) is 24.3 Å². The lowest BCUT2D eigenvalue weighted by Gasteiger charge is -2.07. The quantitative estimate of drug-likeness (QED) is 0.417. The Balaban J connectivity index is 1.95. The zero-order chi connectivity index (χ0) is 17.4. The Kier molecular flexibility index (Phi) is 4.00. The Morgan fingerprint density at radius 3 is 1.96 bits per heavy atom. The fourth-order valence-electron chi connectivity index (χ4n) is 2.06. The lowest BCUT2D eigenvalue weighted by atomic mass is 10.1. The first-order chi connectivity index (χ1) is 11.4. The van der Waals surface area contributed by atoms with Gasteiger partial charge in [0.15, 0.2) is 23.3 Å². The Morgan fingerprint density at radius 1 is 0.833 bits per heavy atom. The van der Waals surface area contributed by atoms with Crippen LogP contribution in [0.5, 0.6) is 0 Å². The van der Waals surface area contributed by atoms with Gasteiger partial charge in [0.25, 0.3) is 0 Å². The average Bonchev–Trinajstić information content (AvgIpc) is 3.04. The third kappa shape index (κ3) is 2.72. The van der Waals surface area contributed by atoms with E-state index in [4.69, 9.17) is 0 Å². The van der Waals surface area contributed by atoms with Crippen molar-refractivity contribution in [2.75, 3.05) is 0 Å². The van der Waals surface area contributed by atoms with Crippen molar-refractivity contribution in [1.82, 2.24) is 20.2 Å². The van der Waals surface area contributed by atoms with Crippen LogP contribution in [0.4, 0.5) is 22.0 Å². The third-order valence-electron chi connectivity index (χ3n) is 3.36. The van der Waals surface area contributed by atoms with Crippen molar-refractivity contribution in [2.24, 2.45) is 0 Å². The summed E-state index contributed by atoms with van der Waals surface area (Å²) in [4.78, 5) is 0.757. The van der Waals surface area contributed by atoms with Gasteiger partial charge in [-0.2, -0.15) is 4.80 Å². The molecule has 0 saturated heterocycles. The SMILES string of the molecule is Cc1ccc(-c2nnn(Cc3c(F)c(F)c(F)c(F)c3F)n2)cc1. The van der Waals surface area contributed by atoms with E-state index in [9.17, 15) is 22.0 Å². The monoisotopic (exact) mass is 340 g/mol. The average molecular weight is 340 g/mol. The first-order valence-corrected chi connectivity index (χ1v) is 6.73. The van der Waals surface area contributed by atoms with E-state index in [1.54, 1.807) is 24.3 Å². The second-order valence-electron chi connectivity index (χ2n) is 5.06. The molecule has 0 unspecified atom stereocenters. The first kappa shape index (κ1) is 16.0. The smallest absolute Gasteiger partial charge is 0.203 e. The zero-order valence-electron chi connectivity index (χ0n) is 12.2. The maximum Gasteiger partial charge on any atom is 0.204 e. The number of nitrogens with zero attached hydrogens (tertiary/aromatic N) is 4. The van der Waals surface area contributed by atoms with Crippen molar-refractivity contribution in [2.45, 2.75) is 13.5 Å². The van der Waals surface area contributed by atoms with Gasteiger partial charge >= 0.3 is 0 Å². The van der Waals surface area contributed by atoms with Crippen molar-refractivity contribution in [3.63, 3.8) is 0 Å². The maximum absolute atomic E-state index is 13.7. The van der Waals surface area contributed by atoms with Crippen LogP contribution in [-0.4, -0.2) is 20.2 Å². The number of hydrogen-bond acceptors (Lipinski definition) is 3. The van der Waals surface area contributed by atoms with E-state index in [1.807, 2.05) is 6.92 Å². The summed E-state index contributed by atoms with van der Waals surface area (Å²) in [6, 6.07) is 7.05. The maximum atomic E-state index is 13.7. The molecule has 4 nitrogen and oxygen atoms in total. The Bertz CT molecular complexity index is 876. The van der Waals surface area contributed by atoms with Crippen LogP contribution < -0.4 is 0 Å². The topological polar surface area (TPSA) is 43.6 Å². The van der Waals surface area contributed by atoms with Crippen LogP contribution >= 0.6 is 0 Å². The molecule has 0 aliphatic rings. The van der Waals surface area contributed by atoms with E-state index >= 15 is 0 Å². The molecule has 9 heteroatoms. The lowest BCUT2D eigenvalue weighted by Crippen LogP contribution is -2.13. The van der Waals surface area contributed by atoms with Gasteiger partial charge in [-0.3, -0.25) is 0 Å². The van der Waals surface area contributed by atoms with Crippen molar-refractivity contribution < 1.29 is 22.0 Å². The number of aromatic nitrogens is 4. The highest BCUT2D eigenvalue weighted by Crippen LogP contribution is 2.23. The molecule has 0 atom stereocenters. The van der Waals surface area contributed by atoms with E-state index in [2.05, 4.69) is 15.4 Å². The molecule has 2 aromatic carbocycles. The molecule has 0 N–H and O–H groups in total. The standard InChI is InChI=1S/C15H9F5N4/c1-7-2-4-8(5-3-7)15-21-23-24(22-15)6-9-10(16)12(18)14(20)13(19)11(9)17/h2-5H,6H2,1H3. The molecule has 0 bridgehead atoms. The van der Waals surface area contributed by atoms with Crippen molar-refractivity contribution in [3.05, 3.63) is 64.5 Å². The van der Waals surface area contributed by atoms with Gasteiger partial charge in [-0.1, -0.05) is 29.8 Å². The molecule has 3 rings (SSSR count). The second kappa shape index (κ2) is 5.99. The van der Waals surface area contributed by atoms with Crippen LogP contribution in [0.2, 0.25) is 0 Å². The summed E-state index contributed by atoms with van der Waals surface area (Å²) >= 11 is 0. The number of rotatable bonds is 3. The van der Waals surface area contributed by atoms with E-state index in [0.29, 0.717) is 5.56 Å². The summed E-state index contributed by atoms with van der Waals surface area (Å²) in [5.41, 5.74) is 0.580. The van der Waals surface area contributed by atoms with E-state index in [0.717, 1.165) is 10.4 Å². The van der Waals surface area contributed by atoms with Gasteiger partial charge in [0.1, 0.15) is 0 Å². The lowest BCUT2D eigenvalue weighted by molar-refractivity contribution is 0.364. The van der Waals surface area contributed by atoms with E-state index < -0.39 is 41.2 Å². The molecule has 24 heavy (non-hydrogen) atoms. The highest BCUT2D eigenvalue weighted by molar-refractivity contribution is 5.54. The molecule has 0 spiro atoms. The molecule has 0 radical (unpaired) electrons. The first-order valence-electron chi connectivity index (χ1n) is 6.73. The highest BCUT2D eigenvalue weighted by Gasteiger charge is 2.26. The highest BCUT2D eigenvalue weighted by atomic mass is 19.2. The molecular formula is C15H9F5N4.